The Labute approximate surface area is 246 Å². The summed E-state index contributed by atoms with van der Waals surface area (Å²) >= 11 is 0. The van der Waals surface area contributed by atoms with Crippen molar-refractivity contribution >= 4 is 11.7 Å². The summed E-state index contributed by atoms with van der Waals surface area (Å²) in [6, 6.07) is 6.89. The molecule has 1 aromatic carbocycles. The standard InChI is InChI=1S/C35H49NO5/c1-9-20(2)16-22(4)27-23(5)18-34(8)17-21(3)10-15-26(34)28(27)30(38)29-31-35(36-32(29)39,41-33(6,7)40-31)19-24-11-13-25(37)14-12-24/h11-14,16,18,20-21,26-29,31,37H,9-10,15,17,19H2,1-8H3,(H,36,39)/b22-16+/t20?,21-,26+,27-,28+,29?,31?,34+,35?/m0/s1. The quantitative estimate of drug-likeness (QED) is 0.284. The van der Waals surface area contributed by atoms with Crippen LogP contribution >= 0.6 is 0 Å². The molecule has 4 unspecified atom stereocenters. The van der Waals surface area contributed by atoms with Crippen LogP contribution in [0.15, 0.2) is 47.6 Å². The number of carbonyl (C=O) groups is 2. The van der Waals surface area contributed by atoms with E-state index in [0.29, 0.717) is 18.3 Å². The average molecular weight is 564 g/mol. The maximum atomic E-state index is 15.0. The van der Waals surface area contributed by atoms with Crippen molar-refractivity contribution < 1.29 is 24.2 Å². The van der Waals surface area contributed by atoms with Gasteiger partial charge in [0.1, 0.15) is 17.8 Å². The fourth-order valence-corrected chi connectivity index (χ4v) is 8.72. The Morgan fingerprint density at radius 2 is 1.85 bits per heavy atom. The van der Waals surface area contributed by atoms with Gasteiger partial charge < -0.3 is 19.9 Å². The first-order valence-corrected chi connectivity index (χ1v) is 15.6. The number of fused-ring (bicyclic) bond motifs is 2. The fourth-order valence-electron chi connectivity index (χ4n) is 8.72. The second kappa shape index (κ2) is 10.7. The SMILES string of the molecule is CCC(C)/C=C(\C)[C@H]1C(C)=C[C@@]2(C)C[C@@H](C)CC[C@@H]2[C@H]1C(=O)C1C(=O)NC2(Cc3ccc(O)cc3)OC(C)(C)OC12. The molecule has 2 heterocycles. The van der Waals surface area contributed by atoms with Crippen LogP contribution in [0, 0.1) is 40.9 Å². The lowest BCUT2D eigenvalue weighted by molar-refractivity contribution is -0.179. The molecular formula is C35H49NO5. The van der Waals surface area contributed by atoms with Crippen molar-refractivity contribution in [3.05, 3.63) is 53.1 Å². The molecule has 0 spiro atoms. The Morgan fingerprint density at radius 1 is 1.17 bits per heavy atom. The number of phenols is 1. The van der Waals surface area contributed by atoms with Gasteiger partial charge in [0.05, 0.1) is 0 Å². The highest BCUT2D eigenvalue weighted by Crippen LogP contribution is 2.57. The summed E-state index contributed by atoms with van der Waals surface area (Å²) in [6.07, 6.45) is 8.55. The molecule has 2 aliphatic heterocycles. The summed E-state index contributed by atoms with van der Waals surface area (Å²) in [5.74, 6) is -1.21. The van der Waals surface area contributed by atoms with Gasteiger partial charge in [0, 0.05) is 18.3 Å². The molecular weight excluding hydrogens is 514 g/mol. The molecule has 41 heavy (non-hydrogen) atoms. The number of aromatic hydroxyl groups is 1. The number of Topliss-reactive ketones (excluding diaryl/α,β-unsaturated/α-hetero) is 1. The van der Waals surface area contributed by atoms with E-state index in [0.717, 1.165) is 31.2 Å². The summed E-state index contributed by atoms with van der Waals surface area (Å²) in [4.78, 5) is 28.9. The molecule has 2 N–H and O–H groups in total. The minimum absolute atomic E-state index is 0.0125. The van der Waals surface area contributed by atoms with Crippen LogP contribution in [0.4, 0.5) is 0 Å². The van der Waals surface area contributed by atoms with Crippen molar-refractivity contribution in [2.24, 2.45) is 40.9 Å². The first-order valence-electron chi connectivity index (χ1n) is 15.6. The molecule has 6 nitrogen and oxygen atoms in total. The van der Waals surface area contributed by atoms with Gasteiger partial charge in [0.15, 0.2) is 17.3 Å². The molecule has 1 amide bonds. The molecule has 0 radical (unpaired) electrons. The second-order valence-electron chi connectivity index (χ2n) is 14.3. The van der Waals surface area contributed by atoms with Gasteiger partial charge in [-0.15, -0.1) is 0 Å². The highest BCUT2D eigenvalue weighted by molar-refractivity contribution is 6.06. The number of hydrogen-bond donors (Lipinski definition) is 2. The lowest BCUT2D eigenvalue weighted by atomic mass is 9.51. The monoisotopic (exact) mass is 563 g/mol. The lowest BCUT2D eigenvalue weighted by Crippen LogP contribution is -2.51. The second-order valence-corrected chi connectivity index (χ2v) is 14.3. The fraction of sp³-hybridized carbons (Fsp3) is 0.657. The zero-order valence-electron chi connectivity index (χ0n) is 26.1. The summed E-state index contributed by atoms with van der Waals surface area (Å²) < 4.78 is 12.9. The zero-order chi connectivity index (χ0) is 29.9. The number of phenolic OH excluding ortho intramolecular Hbond substituents is 1. The van der Waals surface area contributed by atoms with E-state index in [9.17, 15) is 9.90 Å². The number of ketones is 1. The number of ether oxygens (including phenoxy) is 2. The number of hydrogen-bond acceptors (Lipinski definition) is 5. The molecule has 0 bridgehead atoms. The predicted molar refractivity (Wildman–Crippen MR) is 160 cm³/mol. The molecule has 1 aromatic rings. The minimum atomic E-state index is -1.15. The molecule has 9 atom stereocenters. The summed E-state index contributed by atoms with van der Waals surface area (Å²) in [7, 11) is 0. The van der Waals surface area contributed by atoms with Crippen LogP contribution in [0.25, 0.3) is 0 Å². The number of rotatable bonds is 7. The Morgan fingerprint density at radius 3 is 2.51 bits per heavy atom. The lowest BCUT2D eigenvalue weighted by Gasteiger charge is -2.52. The van der Waals surface area contributed by atoms with Gasteiger partial charge in [-0.25, -0.2) is 0 Å². The van der Waals surface area contributed by atoms with Crippen LogP contribution in [0.2, 0.25) is 0 Å². The van der Waals surface area contributed by atoms with Crippen LogP contribution in [-0.2, 0) is 25.5 Å². The highest BCUT2D eigenvalue weighted by Gasteiger charge is 2.66. The van der Waals surface area contributed by atoms with Crippen molar-refractivity contribution in [1.82, 2.24) is 5.32 Å². The van der Waals surface area contributed by atoms with Crippen molar-refractivity contribution in [2.45, 2.75) is 105 Å². The maximum absolute atomic E-state index is 15.0. The molecule has 2 aliphatic carbocycles. The van der Waals surface area contributed by atoms with Crippen LogP contribution in [0.3, 0.4) is 0 Å². The number of allylic oxidation sites excluding steroid dienone is 4. The van der Waals surface area contributed by atoms with Gasteiger partial charge in [-0.3, -0.25) is 9.59 Å². The van der Waals surface area contributed by atoms with E-state index < -0.39 is 23.5 Å². The number of carbonyl (C=O) groups excluding carboxylic acids is 2. The van der Waals surface area contributed by atoms with Gasteiger partial charge in [-0.05, 0) is 81.4 Å². The molecule has 1 saturated carbocycles. The number of amides is 1. The van der Waals surface area contributed by atoms with Gasteiger partial charge in [0.25, 0.3) is 0 Å². The predicted octanol–water partition coefficient (Wildman–Crippen LogP) is 6.72. The molecule has 0 aromatic heterocycles. The van der Waals surface area contributed by atoms with Crippen molar-refractivity contribution in [2.75, 3.05) is 0 Å². The van der Waals surface area contributed by atoms with Gasteiger partial charge in [-0.2, -0.15) is 0 Å². The Balaban J connectivity index is 1.56. The van der Waals surface area contributed by atoms with E-state index in [2.05, 4.69) is 59.0 Å². The molecule has 224 valence electrons. The van der Waals surface area contributed by atoms with Crippen LogP contribution in [0.5, 0.6) is 5.75 Å². The van der Waals surface area contributed by atoms with Crippen molar-refractivity contribution in [3.8, 4) is 5.75 Å². The Hall–Kier alpha value is -2.44. The Kier molecular flexibility index (Phi) is 7.82. The molecule has 2 saturated heterocycles. The molecule has 6 heteroatoms. The first kappa shape index (κ1) is 30.0. The summed E-state index contributed by atoms with van der Waals surface area (Å²) in [5.41, 5.74) is 2.12. The Bertz CT molecular complexity index is 1250. The first-order chi connectivity index (χ1) is 19.2. The molecule has 4 aliphatic rings. The van der Waals surface area contributed by atoms with Gasteiger partial charge >= 0.3 is 0 Å². The van der Waals surface area contributed by atoms with Gasteiger partial charge in [-0.1, -0.05) is 76.0 Å². The topological polar surface area (TPSA) is 84.9 Å². The van der Waals surface area contributed by atoms with E-state index in [4.69, 9.17) is 9.47 Å². The third-order valence-electron chi connectivity index (χ3n) is 10.4. The maximum Gasteiger partial charge on any atom is 0.235 e. The normalized spacial score (nSPS) is 39.0. The molecule has 5 rings (SSSR count). The van der Waals surface area contributed by atoms with Crippen LogP contribution in [0.1, 0.15) is 86.6 Å². The smallest absolute Gasteiger partial charge is 0.235 e. The van der Waals surface area contributed by atoms with Crippen molar-refractivity contribution in [3.63, 3.8) is 0 Å². The number of benzene rings is 1. The average Bonchev–Trinajstić information content (AvgIpc) is 3.26. The van der Waals surface area contributed by atoms with E-state index in [1.165, 1.54) is 11.1 Å². The number of nitrogens with one attached hydrogen (secondary N) is 1. The third-order valence-corrected chi connectivity index (χ3v) is 10.4. The summed E-state index contributed by atoms with van der Waals surface area (Å²) in [5, 5.41) is 12.9. The van der Waals surface area contributed by atoms with Gasteiger partial charge in [0.2, 0.25) is 5.91 Å². The van der Waals surface area contributed by atoms with Crippen molar-refractivity contribution in [1.29, 1.82) is 0 Å². The van der Waals surface area contributed by atoms with E-state index in [-0.39, 0.29) is 40.6 Å². The largest absolute Gasteiger partial charge is 0.508 e. The van der Waals surface area contributed by atoms with E-state index in [1.54, 1.807) is 12.1 Å². The third kappa shape index (κ3) is 5.43. The molecule has 3 fully saturated rings. The summed E-state index contributed by atoms with van der Waals surface area (Å²) in [6.45, 7) is 17.1. The zero-order valence-corrected chi connectivity index (χ0v) is 26.1. The van der Waals surface area contributed by atoms with E-state index >= 15 is 4.79 Å². The minimum Gasteiger partial charge on any atom is -0.508 e. The highest BCUT2D eigenvalue weighted by atomic mass is 16.8. The van der Waals surface area contributed by atoms with E-state index in [1.807, 2.05) is 26.0 Å². The van der Waals surface area contributed by atoms with Crippen LogP contribution < -0.4 is 5.32 Å². The van der Waals surface area contributed by atoms with Crippen LogP contribution in [-0.4, -0.2) is 34.4 Å².